The molecule has 5 nitrogen and oxygen atoms in total. The highest BCUT2D eigenvalue weighted by atomic mass is 35.5. The van der Waals surface area contributed by atoms with Gasteiger partial charge in [-0.1, -0.05) is 30.2 Å². The molecule has 1 aliphatic carbocycles. The minimum Gasteiger partial charge on any atom is -0.379 e. The van der Waals surface area contributed by atoms with E-state index in [1.165, 1.54) is 6.42 Å². The van der Waals surface area contributed by atoms with Crippen molar-refractivity contribution in [1.82, 2.24) is 10.2 Å². The lowest BCUT2D eigenvalue weighted by Gasteiger charge is -2.50. The van der Waals surface area contributed by atoms with Crippen molar-refractivity contribution in [3.05, 3.63) is 34.9 Å². The smallest absolute Gasteiger partial charge is 0.230 e. The second kappa shape index (κ2) is 7.80. The third-order valence-electron chi connectivity index (χ3n) is 6.23. The van der Waals surface area contributed by atoms with Gasteiger partial charge in [-0.3, -0.25) is 9.59 Å². The van der Waals surface area contributed by atoms with Crippen molar-refractivity contribution in [2.45, 2.75) is 44.6 Å². The fourth-order valence-corrected chi connectivity index (χ4v) is 4.38. The van der Waals surface area contributed by atoms with E-state index in [4.69, 9.17) is 16.3 Å². The molecule has 4 rings (SSSR count). The Balaban J connectivity index is 1.43. The Hall–Kier alpha value is -1.59. The van der Waals surface area contributed by atoms with Gasteiger partial charge in [0, 0.05) is 31.1 Å². The SMILES string of the molecule is O=C(CC1CCC1)N1CC(Cc2ccc(Cl)cc2)(C(=O)NC2CCOC2)C1. The first-order chi connectivity index (χ1) is 13.0. The number of nitrogens with one attached hydrogen (secondary N) is 1. The first-order valence-electron chi connectivity index (χ1n) is 9.95. The van der Waals surface area contributed by atoms with E-state index in [1.807, 2.05) is 29.2 Å². The van der Waals surface area contributed by atoms with E-state index in [9.17, 15) is 9.59 Å². The van der Waals surface area contributed by atoms with Gasteiger partial charge in [-0.25, -0.2) is 0 Å². The molecule has 27 heavy (non-hydrogen) atoms. The van der Waals surface area contributed by atoms with E-state index in [0.29, 0.717) is 50.1 Å². The predicted molar refractivity (Wildman–Crippen MR) is 103 cm³/mol. The summed E-state index contributed by atoms with van der Waals surface area (Å²) in [6.07, 6.45) is 5.68. The summed E-state index contributed by atoms with van der Waals surface area (Å²) in [6, 6.07) is 7.72. The molecule has 2 saturated heterocycles. The first-order valence-corrected chi connectivity index (χ1v) is 10.3. The van der Waals surface area contributed by atoms with Gasteiger partial charge in [-0.05, 0) is 49.3 Å². The van der Waals surface area contributed by atoms with Crippen LogP contribution in [0.4, 0.5) is 0 Å². The van der Waals surface area contributed by atoms with Gasteiger partial charge >= 0.3 is 0 Å². The number of nitrogens with zero attached hydrogens (tertiary/aromatic N) is 1. The number of hydrogen-bond donors (Lipinski definition) is 1. The van der Waals surface area contributed by atoms with Crippen LogP contribution in [0, 0.1) is 11.3 Å². The summed E-state index contributed by atoms with van der Waals surface area (Å²) in [5, 5.41) is 3.83. The van der Waals surface area contributed by atoms with E-state index >= 15 is 0 Å². The summed E-state index contributed by atoms with van der Waals surface area (Å²) < 4.78 is 5.38. The fourth-order valence-electron chi connectivity index (χ4n) is 4.25. The van der Waals surface area contributed by atoms with Gasteiger partial charge in [-0.2, -0.15) is 0 Å². The molecule has 3 fully saturated rings. The number of carbonyl (C=O) groups excluding carboxylic acids is 2. The normalized spacial score (nSPS) is 24.2. The van der Waals surface area contributed by atoms with Crippen LogP contribution in [0.25, 0.3) is 0 Å². The minimum atomic E-state index is -0.550. The molecule has 1 N–H and O–H groups in total. The zero-order chi connectivity index (χ0) is 18.9. The molecule has 2 heterocycles. The zero-order valence-electron chi connectivity index (χ0n) is 15.6. The molecule has 0 aromatic heterocycles. The average Bonchev–Trinajstić information content (AvgIpc) is 3.08. The van der Waals surface area contributed by atoms with E-state index in [0.717, 1.165) is 24.8 Å². The van der Waals surface area contributed by atoms with Crippen molar-refractivity contribution in [3.63, 3.8) is 0 Å². The van der Waals surface area contributed by atoms with E-state index in [1.54, 1.807) is 0 Å². The fraction of sp³-hybridized carbons (Fsp3) is 0.619. The van der Waals surface area contributed by atoms with Gasteiger partial charge < -0.3 is 15.0 Å². The molecule has 1 unspecified atom stereocenters. The van der Waals surface area contributed by atoms with Crippen LogP contribution in [-0.4, -0.2) is 49.1 Å². The second-order valence-electron chi connectivity index (χ2n) is 8.37. The van der Waals surface area contributed by atoms with Gasteiger partial charge in [0.15, 0.2) is 0 Å². The summed E-state index contributed by atoms with van der Waals surface area (Å²) >= 11 is 5.99. The van der Waals surface area contributed by atoms with Crippen LogP contribution in [0.15, 0.2) is 24.3 Å². The van der Waals surface area contributed by atoms with Crippen LogP contribution in [0.5, 0.6) is 0 Å². The highest BCUT2D eigenvalue weighted by Gasteiger charge is 2.51. The quantitative estimate of drug-likeness (QED) is 0.812. The third kappa shape index (κ3) is 4.14. The Labute approximate surface area is 165 Å². The Morgan fingerprint density at radius 2 is 1.93 bits per heavy atom. The van der Waals surface area contributed by atoms with Crippen molar-refractivity contribution in [1.29, 1.82) is 0 Å². The van der Waals surface area contributed by atoms with Crippen LogP contribution in [0.1, 0.15) is 37.7 Å². The molecule has 1 aromatic carbocycles. The number of ether oxygens (including phenoxy) is 1. The highest BCUT2D eigenvalue weighted by molar-refractivity contribution is 6.30. The number of amides is 2. The van der Waals surface area contributed by atoms with E-state index in [-0.39, 0.29) is 17.9 Å². The molecule has 2 amide bonds. The zero-order valence-corrected chi connectivity index (χ0v) is 16.3. The van der Waals surface area contributed by atoms with Gasteiger partial charge in [0.2, 0.25) is 11.8 Å². The molecular formula is C21H27ClN2O3. The van der Waals surface area contributed by atoms with Crippen LogP contribution in [-0.2, 0) is 20.7 Å². The van der Waals surface area contributed by atoms with Crippen LogP contribution in [0.2, 0.25) is 5.02 Å². The first kappa shape index (κ1) is 18.8. The number of halogens is 1. The Kier molecular flexibility index (Phi) is 5.42. The standard InChI is InChI=1S/C21H27ClN2O3/c22-17-6-4-16(5-7-17)11-21(20(26)23-18-8-9-27-12-18)13-24(14-21)19(25)10-15-2-1-3-15/h4-7,15,18H,1-3,8-14H2,(H,23,26). The van der Waals surface area contributed by atoms with Gasteiger partial charge in [0.1, 0.15) is 0 Å². The average molecular weight is 391 g/mol. The van der Waals surface area contributed by atoms with Crippen LogP contribution >= 0.6 is 11.6 Å². The Bertz CT molecular complexity index is 690. The maximum atomic E-state index is 13.1. The molecular weight excluding hydrogens is 364 g/mol. The van der Waals surface area contributed by atoms with Crippen molar-refractivity contribution < 1.29 is 14.3 Å². The molecule has 0 spiro atoms. The summed E-state index contributed by atoms with van der Waals surface area (Å²) in [5.74, 6) is 0.789. The van der Waals surface area contributed by atoms with E-state index in [2.05, 4.69) is 5.32 Å². The molecule has 3 aliphatic rings. The third-order valence-corrected chi connectivity index (χ3v) is 6.48. The lowest BCUT2D eigenvalue weighted by Crippen LogP contribution is -2.66. The number of rotatable bonds is 6. The highest BCUT2D eigenvalue weighted by Crippen LogP contribution is 2.37. The topological polar surface area (TPSA) is 58.6 Å². The van der Waals surface area contributed by atoms with Gasteiger partial charge in [0.05, 0.1) is 18.1 Å². The monoisotopic (exact) mass is 390 g/mol. The van der Waals surface area contributed by atoms with Crippen molar-refractivity contribution in [2.24, 2.45) is 11.3 Å². The number of likely N-dealkylation sites (tertiary alicyclic amines) is 1. The Morgan fingerprint density at radius 1 is 1.19 bits per heavy atom. The molecule has 1 aromatic rings. The molecule has 1 atom stereocenters. The lowest BCUT2D eigenvalue weighted by molar-refractivity contribution is -0.155. The summed E-state index contributed by atoms with van der Waals surface area (Å²) in [6.45, 7) is 2.27. The van der Waals surface area contributed by atoms with Gasteiger partial charge in [-0.15, -0.1) is 0 Å². The lowest BCUT2D eigenvalue weighted by atomic mass is 9.73. The number of benzene rings is 1. The molecule has 1 saturated carbocycles. The van der Waals surface area contributed by atoms with E-state index < -0.39 is 5.41 Å². The Morgan fingerprint density at radius 3 is 2.52 bits per heavy atom. The molecule has 2 aliphatic heterocycles. The molecule has 0 radical (unpaired) electrons. The summed E-state index contributed by atoms with van der Waals surface area (Å²) in [4.78, 5) is 27.5. The van der Waals surface area contributed by atoms with Gasteiger partial charge in [0.25, 0.3) is 0 Å². The second-order valence-corrected chi connectivity index (χ2v) is 8.80. The largest absolute Gasteiger partial charge is 0.379 e. The maximum Gasteiger partial charge on any atom is 0.230 e. The number of carbonyl (C=O) groups is 2. The molecule has 6 heteroatoms. The van der Waals surface area contributed by atoms with Crippen molar-refractivity contribution >= 4 is 23.4 Å². The summed E-state index contributed by atoms with van der Waals surface area (Å²) in [7, 11) is 0. The van der Waals surface area contributed by atoms with Crippen LogP contribution < -0.4 is 5.32 Å². The van der Waals surface area contributed by atoms with Crippen molar-refractivity contribution in [3.8, 4) is 0 Å². The van der Waals surface area contributed by atoms with Crippen molar-refractivity contribution in [2.75, 3.05) is 26.3 Å². The minimum absolute atomic E-state index is 0.0423. The number of hydrogen-bond acceptors (Lipinski definition) is 3. The molecule has 0 bridgehead atoms. The van der Waals surface area contributed by atoms with Crippen LogP contribution in [0.3, 0.4) is 0 Å². The maximum absolute atomic E-state index is 13.1. The summed E-state index contributed by atoms with van der Waals surface area (Å²) in [5.41, 5.74) is 0.523. The molecule has 146 valence electrons. The predicted octanol–water partition coefficient (Wildman–Crippen LogP) is 2.81.